The number of para-hydroxylation sites is 2. The molecule has 1 aliphatic carbocycles. The highest BCUT2D eigenvalue weighted by molar-refractivity contribution is 7.20. The van der Waals surface area contributed by atoms with Gasteiger partial charge in [-0.05, 0) is 55.4 Å². The lowest BCUT2D eigenvalue weighted by Gasteiger charge is -2.32. The number of ketones is 1. The van der Waals surface area contributed by atoms with E-state index >= 15 is 0 Å². The fourth-order valence-electron chi connectivity index (χ4n) is 6.12. The van der Waals surface area contributed by atoms with Crippen LogP contribution in [0.1, 0.15) is 48.0 Å². The molecule has 9 nitrogen and oxygen atoms in total. The molecule has 10 heteroatoms. The second-order valence-electron chi connectivity index (χ2n) is 11.4. The molecule has 0 spiro atoms. The molecule has 0 unspecified atom stereocenters. The number of H-pyrrole nitrogens is 1. The molecule has 0 bridgehead atoms. The molecule has 2 aromatic heterocycles. The number of rotatable bonds is 7. The molecule has 1 saturated heterocycles. The molecule has 1 saturated carbocycles. The summed E-state index contributed by atoms with van der Waals surface area (Å²) < 4.78 is 0.906. The van der Waals surface area contributed by atoms with E-state index in [1.165, 1.54) is 11.3 Å². The lowest BCUT2D eigenvalue weighted by atomic mass is 9.99. The van der Waals surface area contributed by atoms with Crippen LogP contribution in [0.5, 0.6) is 0 Å². The number of aromatic nitrogens is 2. The quantitative estimate of drug-likeness (QED) is 0.299. The number of likely N-dealkylation sites (tertiary alicyclic amines) is 1. The van der Waals surface area contributed by atoms with Crippen LogP contribution in [0, 0.1) is 17.3 Å². The van der Waals surface area contributed by atoms with E-state index in [4.69, 9.17) is 0 Å². The molecule has 206 valence electrons. The number of carbonyl (C=O) groups excluding carboxylic acids is 4. The van der Waals surface area contributed by atoms with Gasteiger partial charge in [-0.25, -0.2) is 4.98 Å². The van der Waals surface area contributed by atoms with Gasteiger partial charge in [0.25, 0.3) is 5.91 Å². The van der Waals surface area contributed by atoms with Crippen molar-refractivity contribution >= 4 is 56.0 Å². The van der Waals surface area contributed by atoms with E-state index in [9.17, 15) is 19.2 Å². The summed E-state index contributed by atoms with van der Waals surface area (Å²) >= 11 is 1.30. The minimum absolute atomic E-state index is 0.0159. The molecule has 2 aromatic carbocycles. The van der Waals surface area contributed by atoms with E-state index in [1.807, 2.05) is 48.5 Å². The van der Waals surface area contributed by atoms with Crippen molar-refractivity contribution in [2.45, 2.75) is 45.8 Å². The fourth-order valence-corrected chi connectivity index (χ4v) is 7.12. The van der Waals surface area contributed by atoms with Crippen molar-refractivity contribution in [2.75, 3.05) is 6.54 Å². The van der Waals surface area contributed by atoms with Gasteiger partial charge >= 0.3 is 0 Å². The summed E-state index contributed by atoms with van der Waals surface area (Å²) in [5.74, 6) is -1.18. The van der Waals surface area contributed by atoms with Gasteiger partial charge in [-0.15, -0.1) is 11.3 Å². The third kappa shape index (κ3) is 4.36. The molecule has 2 aliphatic rings. The van der Waals surface area contributed by atoms with Crippen LogP contribution in [-0.2, 0) is 9.59 Å². The van der Waals surface area contributed by atoms with Gasteiger partial charge in [0.1, 0.15) is 17.8 Å². The zero-order valence-electron chi connectivity index (χ0n) is 22.7. The first-order valence-electron chi connectivity index (χ1n) is 13.5. The van der Waals surface area contributed by atoms with Crippen molar-refractivity contribution in [3.05, 3.63) is 65.3 Å². The zero-order chi connectivity index (χ0) is 28.3. The van der Waals surface area contributed by atoms with Crippen LogP contribution in [0.4, 0.5) is 0 Å². The molecule has 0 radical (unpaired) electrons. The SMILES string of the molecule is C[C@H](NC(=O)[C@@H]1[C@@H]2[C@H](CN1C(=O)[C@H](C)NC(=O)c1cc3ccccc3[nH]1)C2(C)C)C(=O)c1nc2ccccc2s1. The summed E-state index contributed by atoms with van der Waals surface area (Å²) in [6.45, 7) is 7.90. The standard InChI is InChI=1S/C30H31N5O4S/c1-15(25(36)28-34-20-11-7-8-12-22(20)40-28)31-27(38)24-23-18(30(23,3)4)14-35(24)29(39)16(2)32-26(37)21-13-17-9-5-6-10-19(17)33-21/h5-13,15-16,18,23-24,33H,14H2,1-4H3,(H,31,38)(H,32,37)/t15-,16-,18-,23-,24-/m0/s1. The minimum Gasteiger partial charge on any atom is -0.351 e. The Labute approximate surface area is 235 Å². The van der Waals surface area contributed by atoms with Crippen LogP contribution < -0.4 is 10.6 Å². The van der Waals surface area contributed by atoms with Gasteiger partial charge in [-0.2, -0.15) is 0 Å². The second-order valence-corrected chi connectivity index (χ2v) is 12.5. The predicted molar refractivity (Wildman–Crippen MR) is 153 cm³/mol. The molecule has 6 rings (SSSR count). The number of aromatic amines is 1. The molecule has 40 heavy (non-hydrogen) atoms. The fraction of sp³-hybridized carbons (Fsp3) is 0.367. The van der Waals surface area contributed by atoms with E-state index < -0.39 is 24.0 Å². The first kappa shape index (κ1) is 26.2. The van der Waals surface area contributed by atoms with Crippen LogP contribution in [0.2, 0.25) is 0 Å². The van der Waals surface area contributed by atoms with Crippen LogP contribution in [0.15, 0.2) is 54.6 Å². The summed E-state index contributed by atoms with van der Waals surface area (Å²) in [7, 11) is 0. The van der Waals surface area contributed by atoms with Crippen molar-refractivity contribution < 1.29 is 19.2 Å². The first-order chi connectivity index (χ1) is 19.1. The smallest absolute Gasteiger partial charge is 0.268 e. The predicted octanol–water partition coefficient (Wildman–Crippen LogP) is 3.77. The first-order valence-corrected chi connectivity index (χ1v) is 14.3. The molecule has 1 aliphatic heterocycles. The van der Waals surface area contributed by atoms with Crippen molar-refractivity contribution in [2.24, 2.45) is 17.3 Å². The van der Waals surface area contributed by atoms with Crippen molar-refractivity contribution in [1.82, 2.24) is 25.5 Å². The van der Waals surface area contributed by atoms with Gasteiger partial charge in [-0.1, -0.05) is 44.2 Å². The number of nitrogens with one attached hydrogen (secondary N) is 3. The maximum Gasteiger partial charge on any atom is 0.268 e. The highest BCUT2D eigenvalue weighted by Crippen LogP contribution is 2.64. The summed E-state index contributed by atoms with van der Waals surface area (Å²) in [6, 6.07) is 14.5. The van der Waals surface area contributed by atoms with Gasteiger partial charge < -0.3 is 20.5 Å². The average molecular weight is 558 g/mol. The van der Waals surface area contributed by atoms with E-state index in [0.29, 0.717) is 17.2 Å². The Morgan fingerprint density at radius 3 is 2.50 bits per heavy atom. The van der Waals surface area contributed by atoms with E-state index in [1.54, 1.807) is 24.8 Å². The van der Waals surface area contributed by atoms with Crippen molar-refractivity contribution in [1.29, 1.82) is 0 Å². The average Bonchev–Trinajstić information content (AvgIpc) is 3.46. The Balaban J connectivity index is 1.15. The monoisotopic (exact) mass is 557 g/mol. The number of hydrogen-bond acceptors (Lipinski definition) is 6. The highest BCUT2D eigenvalue weighted by atomic mass is 32.1. The number of fused-ring (bicyclic) bond motifs is 3. The molecule has 3 heterocycles. The minimum atomic E-state index is -0.836. The Hall–Kier alpha value is -4.05. The molecule has 3 amide bonds. The summed E-state index contributed by atoms with van der Waals surface area (Å²) in [5.41, 5.74) is 1.85. The topological polar surface area (TPSA) is 124 Å². The largest absolute Gasteiger partial charge is 0.351 e. The Morgan fingerprint density at radius 1 is 1.02 bits per heavy atom. The molecular weight excluding hydrogens is 526 g/mol. The third-order valence-corrected chi connectivity index (χ3v) is 9.56. The van der Waals surface area contributed by atoms with E-state index in [0.717, 1.165) is 21.1 Å². The number of thiazole rings is 1. The highest BCUT2D eigenvalue weighted by Gasteiger charge is 2.69. The van der Waals surface area contributed by atoms with E-state index in [-0.39, 0.29) is 34.8 Å². The van der Waals surface area contributed by atoms with Crippen LogP contribution >= 0.6 is 11.3 Å². The Morgan fingerprint density at radius 2 is 1.75 bits per heavy atom. The summed E-state index contributed by atoms with van der Waals surface area (Å²) in [4.78, 5) is 62.3. The summed E-state index contributed by atoms with van der Waals surface area (Å²) in [6.07, 6.45) is 0. The van der Waals surface area contributed by atoms with Crippen molar-refractivity contribution in [3.63, 3.8) is 0 Å². The lowest BCUT2D eigenvalue weighted by Crippen LogP contribution is -2.56. The van der Waals surface area contributed by atoms with E-state index in [2.05, 4.69) is 34.4 Å². The molecule has 5 atom stereocenters. The van der Waals surface area contributed by atoms with Gasteiger partial charge in [-0.3, -0.25) is 19.2 Å². The Kier molecular flexibility index (Phi) is 6.25. The van der Waals surface area contributed by atoms with Gasteiger partial charge in [0.2, 0.25) is 17.6 Å². The maximum atomic E-state index is 13.6. The molecular formula is C30H31N5O4S. The third-order valence-electron chi connectivity index (χ3n) is 8.51. The lowest BCUT2D eigenvalue weighted by molar-refractivity contribution is -0.141. The number of amides is 3. The number of carbonyl (C=O) groups is 4. The number of piperidine rings is 1. The molecule has 4 aromatic rings. The maximum absolute atomic E-state index is 13.6. The summed E-state index contributed by atoms with van der Waals surface area (Å²) in [5, 5.41) is 6.88. The van der Waals surface area contributed by atoms with Gasteiger partial charge in [0, 0.05) is 17.4 Å². The van der Waals surface area contributed by atoms with Gasteiger partial charge in [0.15, 0.2) is 5.01 Å². The zero-order valence-corrected chi connectivity index (χ0v) is 23.5. The number of Topliss-reactive ketones (excluding diaryl/α,β-unsaturated/α-hetero) is 1. The van der Waals surface area contributed by atoms with Crippen LogP contribution in [-0.4, -0.2) is 63.0 Å². The number of hydrogen-bond donors (Lipinski definition) is 3. The number of benzene rings is 2. The van der Waals surface area contributed by atoms with Crippen molar-refractivity contribution in [3.8, 4) is 0 Å². The normalized spacial score (nSPS) is 22.5. The second kappa shape index (κ2) is 9.55. The number of nitrogens with zero attached hydrogens (tertiary/aromatic N) is 2. The molecule has 3 N–H and O–H groups in total. The molecule has 2 fully saturated rings. The van der Waals surface area contributed by atoms with Crippen LogP contribution in [0.25, 0.3) is 21.1 Å². The van der Waals surface area contributed by atoms with Crippen LogP contribution in [0.3, 0.4) is 0 Å². The Bertz CT molecular complexity index is 1610. The van der Waals surface area contributed by atoms with Gasteiger partial charge in [0.05, 0.1) is 16.3 Å².